The fraction of sp³-hybridized carbons (Fsp3) is 0.417. The van der Waals surface area contributed by atoms with Gasteiger partial charge in [0.25, 0.3) is 5.91 Å². The van der Waals surface area contributed by atoms with Crippen LogP contribution in [0.4, 0.5) is 4.39 Å². The fourth-order valence-corrected chi connectivity index (χ4v) is 4.52. The van der Waals surface area contributed by atoms with Gasteiger partial charge in [-0.3, -0.25) is 9.59 Å². The average Bonchev–Trinajstić information content (AvgIpc) is 2.74. The third-order valence-electron chi connectivity index (χ3n) is 6.28. The first-order valence-electron chi connectivity index (χ1n) is 10.4. The lowest BCUT2D eigenvalue weighted by Crippen LogP contribution is -2.52. The first-order valence-corrected chi connectivity index (χ1v) is 10.4. The van der Waals surface area contributed by atoms with E-state index in [0.29, 0.717) is 37.9 Å². The smallest absolute Gasteiger partial charge is 0.253 e. The van der Waals surface area contributed by atoms with Crippen molar-refractivity contribution in [1.82, 2.24) is 9.80 Å². The van der Waals surface area contributed by atoms with Crippen LogP contribution in [-0.2, 0) is 4.79 Å². The van der Waals surface area contributed by atoms with Crippen LogP contribution in [0.5, 0.6) is 5.75 Å². The Morgan fingerprint density at radius 2 is 1.77 bits per heavy atom. The Balaban J connectivity index is 1.49. The lowest BCUT2D eigenvalue weighted by molar-refractivity contribution is -0.129. The largest absolute Gasteiger partial charge is 0.487 e. The van der Waals surface area contributed by atoms with Crippen LogP contribution in [0.15, 0.2) is 48.5 Å². The van der Waals surface area contributed by atoms with Crippen molar-refractivity contribution < 1.29 is 18.7 Å². The summed E-state index contributed by atoms with van der Waals surface area (Å²) in [4.78, 5) is 28.6. The van der Waals surface area contributed by atoms with Crippen LogP contribution in [-0.4, -0.2) is 54.4 Å². The molecule has 0 aromatic heterocycles. The van der Waals surface area contributed by atoms with E-state index >= 15 is 0 Å². The summed E-state index contributed by atoms with van der Waals surface area (Å²) < 4.78 is 19.6. The van der Waals surface area contributed by atoms with Crippen molar-refractivity contribution in [3.8, 4) is 5.75 Å². The SMILES string of the molecule is CN(C)C(=O)CC1CC2(CCN(C(=O)c3ccc(F)cc3)CC2)Oc2ccccc21. The molecule has 0 N–H and O–H groups in total. The summed E-state index contributed by atoms with van der Waals surface area (Å²) in [6.45, 7) is 1.15. The molecule has 5 nitrogen and oxygen atoms in total. The van der Waals surface area contributed by atoms with Gasteiger partial charge in [-0.25, -0.2) is 4.39 Å². The number of rotatable bonds is 3. The zero-order valence-electron chi connectivity index (χ0n) is 17.4. The second-order valence-electron chi connectivity index (χ2n) is 8.52. The lowest BCUT2D eigenvalue weighted by atomic mass is 9.76. The molecule has 0 aliphatic carbocycles. The van der Waals surface area contributed by atoms with Crippen molar-refractivity contribution in [2.75, 3.05) is 27.2 Å². The van der Waals surface area contributed by atoms with Crippen LogP contribution in [0.25, 0.3) is 0 Å². The topological polar surface area (TPSA) is 49.9 Å². The molecule has 1 saturated heterocycles. The van der Waals surface area contributed by atoms with Gasteiger partial charge in [-0.1, -0.05) is 18.2 Å². The van der Waals surface area contributed by atoms with Gasteiger partial charge in [0.15, 0.2) is 0 Å². The number of likely N-dealkylation sites (tertiary alicyclic amines) is 1. The predicted octanol–water partition coefficient (Wildman–Crippen LogP) is 3.85. The molecule has 30 heavy (non-hydrogen) atoms. The first kappa shape index (κ1) is 20.4. The molecule has 0 radical (unpaired) electrons. The number of benzene rings is 2. The van der Waals surface area contributed by atoms with E-state index in [9.17, 15) is 14.0 Å². The van der Waals surface area contributed by atoms with Crippen LogP contribution in [0, 0.1) is 5.82 Å². The number of carbonyl (C=O) groups is 2. The Hall–Kier alpha value is -2.89. The van der Waals surface area contributed by atoms with Crippen molar-refractivity contribution >= 4 is 11.8 Å². The van der Waals surface area contributed by atoms with Gasteiger partial charge >= 0.3 is 0 Å². The van der Waals surface area contributed by atoms with Crippen molar-refractivity contribution in [3.63, 3.8) is 0 Å². The summed E-state index contributed by atoms with van der Waals surface area (Å²) in [5, 5.41) is 0. The summed E-state index contributed by atoms with van der Waals surface area (Å²) in [6.07, 6.45) is 2.64. The second-order valence-corrected chi connectivity index (χ2v) is 8.52. The molecule has 1 spiro atoms. The van der Waals surface area contributed by atoms with Gasteiger partial charge in [-0.05, 0) is 42.3 Å². The number of hydrogen-bond donors (Lipinski definition) is 0. The van der Waals surface area contributed by atoms with E-state index in [1.54, 1.807) is 19.0 Å². The number of piperidine rings is 1. The molecule has 0 saturated carbocycles. The molecule has 1 fully saturated rings. The molecule has 2 aromatic rings. The zero-order valence-corrected chi connectivity index (χ0v) is 17.4. The van der Waals surface area contributed by atoms with Gasteiger partial charge in [0.1, 0.15) is 17.2 Å². The minimum Gasteiger partial charge on any atom is -0.487 e. The second kappa shape index (κ2) is 8.09. The molecular weight excluding hydrogens is 383 g/mol. The van der Waals surface area contributed by atoms with E-state index in [2.05, 4.69) is 0 Å². The Morgan fingerprint density at radius 3 is 2.43 bits per heavy atom. The summed E-state index contributed by atoms with van der Waals surface area (Å²) in [5.74, 6) is 0.621. The molecule has 2 amide bonds. The maximum Gasteiger partial charge on any atom is 0.253 e. The Kier molecular flexibility index (Phi) is 5.50. The number of halogens is 1. The fourth-order valence-electron chi connectivity index (χ4n) is 4.52. The molecule has 0 bridgehead atoms. The number of fused-ring (bicyclic) bond motifs is 1. The van der Waals surface area contributed by atoms with Crippen molar-refractivity contribution in [2.45, 2.75) is 37.2 Å². The Morgan fingerprint density at radius 1 is 1.10 bits per heavy atom. The van der Waals surface area contributed by atoms with Crippen molar-refractivity contribution in [1.29, 1.82) is 0 Å². The molecule has 1 unspecified atom stereocenters. The highest BCUT2D eigenvalue weighted by atomic mass is 19.1. The summed E-state index contributed by atoms with van der Waals surface area (Å²) in [5.41, 5.74) is 1.21. The van der Waals surface area contributed by atoms with Crippen LogP contribution >= 0.6 is 0 Å². The van der Waals surface area contributed by atoms with Gasteiger partial charge < -0.3 is 14.5 Å². The number of para-hydroxylation sites is 1. The van der Waals surface area contributed by atoms with E-state index in [-0.39, 0.29) is 29.2 Å². The molecular formula is C24H27FN2O3. The summed E-state index contributed by atoms with van der Waals surface area (Å²) in [7, 11) is 3.56. The van der Waals surface area contributed by atoms with Gasteiger partial charge in [-0.2, -0.15) is 0 Å². The van der Waals surface area contributed by atoms with E-state index in [0.717, 1.165) is 17.7 Å². The molecule has 158 valence electrons. The Labute approximate surface area is 176 Å². The molecule has 2 aliphatic rings. The van der Waals surface area contributed by atoms with Gasteiger partial charge in [0, 0.05) is 57.9 Å². The summed E-state index contributed by atoms with van der Waals surface area (Å²) in [6, 6.07) is 13.6. The van der Waals surface area contributed by atoms with Crippen molar-refractivity contribution in [2.24, 2.45) is 0 Å². The monoisotopic (exact) mass is 410 g/mol. The highest BCUT2D eigenvalue weighted by Gasteiger charge is 2.44. The van der Waals surface area contributed by atoms with E-state index < -0.39 is 0 Å². The molecule has 4 rings (SSSR count). The normalized spacial score (nSPS) is 19.7. The first-order chi connectivity index (χ1) is 14.4. The van der Waals surface area contributed by atoms with Gasteiger partial charge in [0.2, 0.25) is 5.91 Å². The average molecular weight is 410 g/mol. The molecule has 2 heterocycles. The maximum atomic E-state index is 13.2. The highest BCUT2D eigenvalue weighted by molar-refractivity contribution is 5.94. The predicted molar refractivity (Wildman–Crippen MR) is 112 cm³/mol. The van der Waals surface area contributed by atoms with E-state index in [4.69, 9.17) is 4.74 Å². The number of hydrogen-bond acceptors (Lipinski definition) is 3. The number of ether oxygens (including phenoxy) is 1. The van der Waals surface area contributed by atoms with Crippen LogP contribution in [0.2, 0.25) is 0 Å². The maximum absolute atomic E-state index is 13.2. The number of carbonyl (C=O) groups excluding carboxylic acids is 2. The molecule has 6 heteroatoms. The van der Waals surface area contributed by atoms with Gasteiger partial charge in [0.05, 0.1) is 0 Å². The van der Waals surface area contributed by atoms with Crippen LogP contribution in [0.3, 0.4) is 0 Å². The quantitative estimate of drug-likeness (QED) is 0.772. The van der Waals surface area contributed by atoms with Gasteiger partial charge in [-0.15, -0.1) is 0 Å². The van der Waals surface area contributed by atoms with E-state index in [1.807, 2.05) is 29.2 Å². The minimum absolute atomic E-state index is 0.0830. The van der Waals surface area contributed by atoms with Crippen LogP contribution < -0.4 is 4.74 Å². The molecule has 2 aromatic carbocycles. The number of amides is 2. The Bertz CT molecular complexity index is 934. The highest BCUT2D eigenvalue weighted by Crippen LogP contribution is 2.46. The van der Waals surface area contributed by atoms with Crippen LogP contribution in [0.1, 0.15) is 47.5 Å². The van der Waals surface area contributed by atoms with Crippen molar-refractivity contribution in [3.05, 3.63) is 65.5 Å². The number of nitrogens with zero attached hydrogens (tertiary/aromatic N) is 2. The standard InChI is InChI=1S/C24H27FN2O3/c1-26(2)22(28)15-18-16-24(30-21-6-4-3-5-20(18)21)11-13-27(14-12-24)23(29)17-7-9-19(25)10-8-17/h3-10,18H,11-16H2,1-2H3. The lowest BCUT2D eigenvalue weighted by Gasteiger charge is -2.47. The third kappa shape index (κ3) is 4.04. The molecule has 2 aliphatic heterocycles. The minimum atomic E-state index is -0.370. The third-order valence-corrected chi connectivity index (χ3v) is 6.28. The van der Waals surface area contributed by atoms with E-state index in [1.165, 1.54) is 24.3 Å². The summed E-state index contributed by atoms with van der Waals surface area (Å²) >= 11 is 0. The molecule has 1 atom stereocenters. The zero-order chi connectivity index (χ0) is 21.3.